The van der Waals surface area contributed by atoms with Crippen molar-refractivity contribution in [2.75, 3.05) is 20.9 Å². The number of thiazole rings is 2. The van der Waals surface area contributed by atoms with Gasteiger partial charge in [0.25, 0.3) is 20.0 Å². The van der Waals surface area contributed by atoms with Gasteiger partial charge in [0, 0.05) is 34.5 Å². The van der Waals surface area contributed by atoms with E-state index in [4.69, 9.17) is 11.5 Å². The molecule has 0 fully saturated rings. The lowest BCUT2D eigenvalue weighted by Gasteiger charge is -2.04. The highest BCUT2D eigenvalue weighted by Gasteiger charge is 2.15. The van der Waals surface area contributed by atoms with E-state index in [-0.39, 0.29) is 9.79 Å². The van der Waals surface area contributed by atoms with Crippen LogP contribution in [-0.2, 0) is 20.0 Å². The SMILES string of the molecule is Nc1ccc(S(=O)(=O)Nc2nccs2)cc1.Nc1ccc(S(=O)(=O)Nc2nccs2)cc1. The number of nitrogens with two attached hydrogens (primary N) is 2. The molecule has 0 saturated heterocycles. The summed E-state index contributed by atoms with van der Waals surface area (Å²) in [5, 5.41) is 4.08. The standard InChI is InChI=1S/2C9H9N3O2S2/c2*10-7-1-3-8(4-2-7)16(13,14)12-9-11-5-6-15-9/h2*1-6H,10H2,(H,11,12). The molecule has 0 aliphatic rings. The van der Waals surface area contributed by atoms with Crippen molar-refractivity contribution in [2.24, 2.45) is 0 Å². The van der Waals surface area contributed by atoms with E-state index < -0.39 is 20.0 Å². The molecule has 168 valence electrons. The monoisotopic (exact) mass is 510 g/mol. The van der Waals surface area contributed by atoms with Gasteiger partial charge in [-0.05, 0) is 48.5 Å². The number of benzene rings is 2. The summed E-state index contributed by atoms with van der Waals surface area (Å²) in [6.45, 7) is 0. The Bertz CT molecular complexity index is 1230. The van der Waals surface area contributed by atoms with Crippen LogP contribution in [0.25, 0.3) is 0 Å². The van der Waals surface area contributed by atoms with E-state index in [2.05, 4.69) is 19.4 Å². The van der Waals surface area contributed by atoms with Gasteiger partial charge >= 0.3 is 0 Å². The lowest BCUT2D eigenvalue weighted by molar-refractivity contribution is 0.599. The van der Waals surface area contributed by atoms with Crippen molar-refractivity contribution >= 4 is 64.4 Å². The van der Waals surface area contributed by atoms with Gasteiger partial charge in [0.2, 0.25) is 0 Å². The first-order valence-corrected chi connectivity index (χ1v) is 13.4. The Balaban J connectivity index is 0.000000181. The number of hydrogen-bond donors (Lipinski definition) is 4. The highest BCUT2D eigenvalue weighted by atomic mass is 32.2. The van der Waals surface area contributed by atoms with Gasteiger partial charge in [-0.3, -0.25) is 9.44 Å². The van der Waals surface area contributed by atoms with Crippen LogP contribution in [0.3, 0.4) is 0 Å². The van der Waals surface area contributed by atoms with Gasteiger partial charge in [0.05, 0.1) is 9.79 Å². The molecule has 14 heteroatoms. The maximum atomic E-state index is 11.8. The van der Waals surface area contributed by atoms with Crippen molar-refractivity contribution in [1.29, 1.82) is 0 Å². The molecule has 2 aromatic heterocycles. The molecule has 0 spiro atoms. The second-order valence-electron chi connectivity index (χ2n) is 6.02. The second kappa shape index (κ2) is 9.95. The normalized spacial score (nSPS) is 11.2. The fourth-order valence-corrected chi connectivity index (χ4v) is 5.77. The lowest BCUT2D eigenvalue weighted by Crippen LogP contribution is -2.12. The molecule has 0 radical (unpaired) electrons. The molecule has 4 rings (SSSR count). The van der Waals surface area contributed by atoms with E-state index in [0.717, 1.165) is 0 Å². The number of rotatable bonds is 6. The van der Waals surface area contributed by atoms with Gasteiger partial charge in [-0.1, -0.05) is 0 Å². The van der Waals surface area contributed by atoms with Gasteiger partial charge in [-0.25, -0.2) is 26.8 Å². The Kier molecular flexibility index (Phi) is 7.29. The molecule has 32 heavy (non-hydrogen) atoms. The van der Waals surface area contributed by atoms with Crippen molar-refractivity contribution in [3.63, 3.8) is 0 Å². The summed E-state index contributed by atoms with van der Waals surface area (Å²) in [6, 6.07) is 12.0. The highest BCUT2D eigenvalue weighted by molar-refractivity contribution is 7.93. The average molecular weight is 511 g/mol. The number of nitrogen functional groups attached to an aromatic ring is 2. The molecule has 2 heterocycles. The Morgan fingerprint density at radius 1 is 0.625 bits per heavy atom. The van der Waals surface area contributed by atoms with Crippen LogP contribution in [0.1, 0.15) is 0 Å². The summed E-state index contributed by atoms with van der Waals surface area (Å²) in [5.74, 6) is 0. The topological polar surface area (TPSA) is 170 Å². The predicted octanol–water partition coefficient (Wildman–Crippen LogP) is 3.05. The number of nitrogens with one attached hydrogen (secondary N) is 2. The van der Waals surface area contributed by atoms with Crippen molar-refractivity contribution in [1.82, 2.24) is 9.97 Å². The minimum atomic E-state index is -3.56. The molecule has 6 N–H and O–H groups in total. The Labute approximate surface area is 193 Å². The van der Waals surface area contributed by atoms with Crippen LogP contribution in [-0.4, -0.2) is 26.8 Å². The number of anilines is 4. The molecule has 4 aromatic rings. The van der Waals surface area contributed by atoms with Crippen molar-refractivity contribution < 1.29 is 16.8 Å². The summed E-state index contributed by atoms with van der Waals surface area (Å²) in [5.41, 5.74) is 12.0. The summed E-state index contributed by atoms with van der Waals surface area (Å²) in [6.07, 6.45) is 3.07. The molecule has 10 nitrogen and oxygen atoms in total. The number of hydrogen-bond acceptors (Lipinski definition) is 10. The smallest absolute Gasteiger partial charge is 0.263 e. The van der Waals surface area contributed by atoms with Crippen molar-refractivity contribution in [2.45, 2.75) is 9.79 Å². The Morgan fingerprint density at radius 2 is 0.969 bits per heavy atom. The maximum Gasteiger partial charge on any atom is 0.263 e. The fourth-order valence-electron chi connectivity index (χ4n) is 2.19. The first-order chi connectivity index (χ1) is 15.2. The Hall–Kier alpha value is -3.20. The summed E-state index contributed by atoms with van der Waals surface area (Å²) >= 11 is 2.44. The largest absolute Gasteiger partial charge is 0.399 e. The van der Waals surface area contributed by atoms with Crippen LogP contribution in [0.4, 0.5) is 21.6 Å². The van der Waals surface area contributed by atoms with Gasteiger partial charge < -0.3 is 11.5 Å². The van der Waals surface area contributed by atoms with E-state index >= 15 is 0 Å². The molecule has 2 aromatic carbocycles. The zero-order valence-corrected chi connectivity index (χ0v) is 19.5. The van der Waals surface area contributed by atoms with Crippen molar-refractivity contribution in [3.8, 4) is 0 Å². The third-order valence-electron chi connectivity index (χ3n) is 3.69. The molecular weight excluding hydrogens is 493 g/mol. The zero-order chi connectivity index (χ0) is 23.2. The quantitative estimate of drug-likeness (QED) is 0.287. The first-order valence-electron chi connectivity index (χ1n) is 8.71. The van der Waals surface area contributed by atoms with Crippen LogP contribution in [0.2, 0.25) is 0 Å². The molecule has 0 saturated carbocycles. The van der Waals surface area contributed by atoms with E-state index in [0.29, 0.717) is 21.6 Å². The van der Waals surface area contributed by atoms with Crippen LogP contribution < -0.4 is 20.9 Å². The molecule has 0 amide bonds. The molecule has 0 aliphatic heterocycles. The summed E-state index contributed by atoms with van der Waals surface area (Å²) in [4.78, 5) is 8.02. The maximum absolute atomic E-state index is 11.8. The molecular formula is C18H18N6O4S4. The van der Waals surface area contributed by atoms with Crippen LogP contribution >= 0.6 is 22.7 Å². The lowest BCUT2D eigenvalue weighted by atomic mass is 10.3. The minimum Gasteiger partial charge on any atom is -0.399 e. The van der Waals surface area contributed by atoms with Crippen LogP contribution in [0, 0.1) is 0 Å². The minimum absolute atomic E-state index is 0.164. The Morgan fingerprint density at radius 3 is 1.25 bits per heavy atom. The summed E-state index contributed by atoms with van der Waals surface area (Å²) in [7, 11) is -7.12. The number of aromatic nitrogens is 2. The molecule has 0 unspecified atom stereocenters. The second-order valence-corrected chi connectivity index (χ2v) is 11.2. The molecule has 0 bridgehead atoms. The number of nitrogens with zero attached hydrogens (tertiary/aromatic N) is 2. The van der Waals surface area contributed by atoms with Gasteiger partial charge in [0.15, 0.2) is 10.3 Å². The van der Waals surface area contributed by atoms with Gasteiger partial charge in [0.1, 0.15) is 0 Å². The van der Waals surface area contributed by atoms with Crippen LogP contribution in [0.5, 0.6) is 0 Å². The van der Waals surface area contributed by atoms with Gasteiger partial charge in [-0.15, -0.1) is 22.7 Å². The third kappa shape index (κ3) is 6.40. The summed E-state index contributed by atoms with van der Waals surface area (Å²) < 4.78 is 52.0. The predicted molar refractivity (Wildman–Crippen MR) is 128 cm³/mol. The van der Waals surface area contributed by atoms with Crippen molar-refractivity contribution in [3.05, 3.63) is 71.7 Å². The highest BCUT2D eigenvalue weighted by Crippen LogP contribution is 2.19. The van der Waals surface area contributed by atoms with Gasteiger partial charge in [-0.2, -0.15) is 0 Å². The van der Waals surface area contributed by atoms with E-state index in [1.165, 1.54) is 83.6 Å². The van der Waals surface area contributed by atoms with E-state index in [9.17, 15) is 16.8 Å². The molecule has 0 aliphatic carbocycles. The molecule has 0 atom stereocenters. The van der Waals surface area contributed by atoms with E-state index in [1.807, 2.05) is 0 Å². The van der Waals surface area contributed by atoms with Crippen LogP contribution in [0.15, 0.2) is 81.5 Å². The fraction of sp³-hybridized carbons (Fsp3) is 0. The average Bonchev–Trinajstić information content (AvgIpc) is 3.43. The first kappa shape index (κ1) is 23.5. The zero-order valence-electron chi connectivity index (χ0n) is 16.2. The number of sulfonamides is 2. The third-order valence-corrected chi connectivity index (χ3v) is 8.03. The van der Waals surface area contributed by atoms with E-state index in [1.54, 1.807) is 10.8 Å².